The zero-order valence-electron chi connectivity index (χ0n) is 8.44. The first-order chi connectivity index (χ1) is 7.34. The van der Waals surface area contributed by atoms with E-state index in [4.69, 9.17) is 28.3 Å². The molecule has 0 radical (unpaired) electrons. The van der Waals surface area contributed by atoms with Gasteiger partial charge in [0, 0.05) is 6.54 Å². The lowest BCUT2D eigenvalue weighted by Gasteiger charge is -2.10. The predicted octanol–water partition coefficient (Wildman–Crippen LogP) is 1.65. The first-order valence-corrected chi connectivity index (χ1v) is 6.70. The SMILES string of the molecule is C[C@@H](O)CNS(=O)(=O)c1c(Cl)cccc1Cl. The largest absolute Gasteiger partial charge is 0.392 e. The van der Waals surface area contributed by atoms with E-state index in [1.54, 1.807) is 6.07 Å². The van der Waals surface area contributed by atoms with Gasteiger partial charge >= 0.3 is 0 Å². The van der Waals surface area contributed by atoms with Gasteiger partial charge in [-0.2, -0.15) is 0 Å². The van der Waals surface area contributed by atoms with Gasteiger partial charge in [0.25, 0.3) is 0 Å². The zero-order valence-corrected chi connectivity index (χ0v) is 10.8. The zero-order chi connectivity index (χ0) is 12.3. The van der Waals surface area contributed by atoms with E-state index in [2.05, 4.69) is 4.72 Å². The van der Waals surface area contributed by atoms with E-state index in [0.717, 1.165) is 0 Å². The molecule has 0 amide bonds. The van der Waals surface area contributed by atoms with Gasteiger partial charge in [-0.3, -0.25) is 0 Å². The molecule has 1 atom stereocenters. The molecule has 0 spiro atoms. The minimum Gasteiger partial charge on any atom is -0.392 e. The summed E-state index contributed by atoms with van der Waals surface area (Å²) in [6.07, 6.45) is -0.781. The van der Waals surface area contributed by atoms with Crippen LogP contribution in [0, 0.1) is 0 Å². The number of hydrogen-bond acceptors (Lipinski definition) is 3. The van der Waals surface area contributed by atoms with Gasteiger partial charge in [-0.1, -0.05) is 29.3 Å². The Kier molecular flexibility index (Phi) is 4.58. The number of rotatable bonds is 4. The Bertz CT molecular complexity index is 453. The van der Waals surface area contributed by atoms with E-state index >= 15 is 0 Å². The molecule has 0 unspecified atom stereocenters. The Morgan fingerprint density at radius 3 is 2.31 bits per heavy atom. The highest BCUT2D eigenvalue weighted by molar-refractivity contribution is 7.89. The minimum absolute atomic E-state index is 0.0468. The summed E-state index contributed by atoms with van der Waals surface area (Å²) >= 11 is 11.5. The molecule has 0 fully saturated rings. The van der Waals surface area contributed by atoms with Gasteiger partial charge in [0.2, 0.25) is 10.0 Å². The van der Waals surface area contributed by atoms with Crippen molar-refractivity contribution in [3.8, 4) is 0 Å². The normalized spacial score (nSPS) is 13.8. The lowest BCUT2D eigenvalue weighted by atomic mass is 10.4. The number of benzene rings is 1. The molecular formula is C9H11Cl2NO3S. The van der Waals surface area contributed by atoms with Crippen molar-refractivity contribution in [1.29, 1.82) is 0 Å². The summed E-state index contributed by atoms with van der Waals surface area (Å²) < 4.78 is 25.8. The first-order valence-electron chi connectivity index (χ1n) is 4.46. The van der Waals surface area contributed by atoms with Gasteiger partial charge in [0.05, 0.1) is 16.1 Å². The highest BCUT2D eigenvalue weighted by atomic mass is 35.5. The molecule has 0 aromatic heterocycles. The molecule has 0 aliphatic carbocycles. The van der Waals surface area contributed by atoms with Crippen LogP contribution in [0.4, 0.5) is 0 Å². The molecule has 1 rings (SSSR count). The summed E-state index contributed by atoms with van der Waals surface area (Å²) in [4.78, 5) is -0.168. The first kappa shape index (κ1) is 13.7. The summed E-state index contributed by atoms with van der Waals surface area (Å²) in [6, 6.07) is 4.42. The Morgan fingerprint density at radius 2 is 1.88 bits per heavy atom. The van der Waals surface area contributed by atoms with Crippen molar-refractivity contribution in [3.05, 3.63) is 28.2 Å². The van der Waals surface area contributed by atoms with Gasteiger partial charge in [-0.05, 0) is 19.1 Å². The molecule has 0 aliphatic heterocycles. The van der Waals surface area contributed by atoms with Crippen LogP contribution in [0.5, 0.6) is 0 Å². The molecule has 0 heterocycles. The predicted molar refractivity (Wildman–Crippen MR) is 63.3 cm³/mol. The van der Waals surface area contributed by atoms with Crippen molar-refractivity contribution in [1.82, 2.24) is 4.72 Å². The quantitative estimate of drug-likeness (QED) is 0.883. The van der Waals surface area contributed by atoms with E-state index in [1.165, 1.54) is 19.1 Å². The Balaban J connectivity index is 3.08. The lowest BCUT2D eigenvalue weighted by molar-refractivity contribution is 0.198. The van der Waals surface area contributed by atoms with Crippen LogP contribution in [0.1, 0.15) is 6.92 Å². The fourth-order valence-electron chi connectivity index (χ4n) is 1.04. The van der Waals surface area contributed by atoms with Gasteiger partial charge in [-0.25, -0.2) is 13.1 Å². The number of hydrogen-bond donors (Lipinski definition) is 2. The van der Waals surface area contributed by atoms with Gasteiger partial charge in [-0.15, -0.1) is 0 Å². The molecule has 1 aromatic rings. The van der Waals surface area contributed by atoms with Crippen LogP contribution in [0.15, 0.2) is 23.1 Å². The molecule has 0 bridgehead atoms. The van der Waals surface area contributed by atoms with Crippen molar-refractivity contribution in [2.75, 3.05) is 6.54 Å². The summed E-state index contributed by atoms with van der Waals surface area (Å²) in [7, 11) is -3.79. The maximum Gasteiger partial charge on any atom is 0.243 e. The fraction of sp³-hybridized carbons (Fsp3) is 0.333. The molecule has 2 N–H and O–H groups in total. The molecule has 0 saturated heterocycles. The second-order valence-corrected chi connectivity index (χ2v) is 5.77. The molecule has 7 heteroatoms. The van der Waals surface area contributed by atoms with Crippen LogP contribution in [-0.2, 0) is 10.0 Å². The van der Waals surface area contributed by atoms with Crippen molar-refractivity contribution >= 4 is 33.2 Å². The molecule has 0 saturated carbocycles. The maximum absolute atomic E-state index is 11.8. The van der Waals surface area contributed by atoms with Crippen molar-refractivity contribution < 1.29 is 13.5 Å². The third kappa shape index (κ3) is 3.33. The third-order valence-electron chi connectivity index (χ3n) is 1.76. The summed E-state index contributed by atoms with van der Waals surface area (Å²) in [5.74, 6) is 0. The Hall–Kier alpha value is -0.330. The fourth-order valence-corrected chi connectivity index (χ4v) is 3.30. The molecular weight excluding hydrogens is 273 g/mol. The topological polar surface area (TPSA) is 66.4 Å². The van der Waals surface area contributed by atoms with Crippen LogP contribution < -0.4 is 4.72 Å². The lowest BCUT2D eigenvalue weighted by Crippen LogP contribution is -2.31. The Labute approximate surface area is 104 Å². The smallest absolute Gasteiger partial charge is 0.243 e. The molecule has 1 aromatic carbocycles. The molecule has 90 valence electrons. The van der Waals surface area contributed by atoms with Crippen LogP contribution >= 0.6 is 23.2 Å². The van der Waals surface area contributed by atoms with Crippen molar-refractivity contribution in [2.24, 2.45) is 0 Å². The van der Waals surface area contributed by atoms with E-state index in [0.29, 0.717) is 0 Å². The average Bonchev–Trinajstić information content (AvgIpc) is 2.14. The molecule has 4 nitrogen and oxygen atoms in total. The van der Waals surface area contributed by atoms with E-state index in [1.807, 2.05) is 0 Å². The second kappa shape index (κ2) is 5.33. The van der Waals surface area contributed by atoms with Gasteiger partial charge in [0.1, 0.15) is 4.90 Å². The van der Waals surface area contributed by atoms with Crippen molar-refractivity contribution in [2.45, 2.75) is 17.9 Å². The standard InChI is InChI=1S/C9H11Cl2NO3S/c1-6(13)5-12-16(14,15)9-7(10)3-2-4-8(9)11/h2-4,6,12-13H,5H2,1H3/t6-/m1/s1. The van der Waals surface area contributed by atoms with Crippen molar-refractivity contribution in [3.63, 3.8) is 0 Å². The highest BCUT2D eigenvalue weighted by Crippen LogP contribution is 2.28. The van der Waals surface area contributed by atoms with Crippen LogP contribution in [0.3, 0.4) is 0 Å². The number of sulfonamides is 1. The van der Waals surface area contributed by atoms with Gasteiger partial charge < -0.3 is 5.11 Å². The van der Waals surface area contributed by atoms with Crippen LogP contribution in [-0.4, -0.2) is 26.2 Å². The number of nitrogens with one attached hydrogen (secondary N) is 1. The minimum atomic E-state index is -3.79. The average molecular weight is 284 g/mol. The summed E-state index contributed by atoms with van der Waals surface area (Å²) in [5.41, 5.74) is 0. The monoisotopic (exact) mass is 283 g/mol. The van der Waals surface area contributed by atoms with Crippen LogP contribution in [0.25, 0.3) is 0 Å². The number of halogens is 2. The van der Waals surface area contributed by atoms with Crippen LogP contribution in [0.2, 0.25) is 10.0 Å². The Morgan fingerprint density at radius 1 is 1.38 bits per heavy atom. The highest BCUT2D eigenvalue weighted by Gasteiger charge is 2.21. The second-order valence-electron chi connectivity index (χ2n) is 3.25. The summed E-state index contributed by atoms with van der Waals surface area (Å²) in [5, 5.41) is 9.10. The van der Waals surface area contributed by atoms with Gasteiger partial charge in [0.15, 0.2) is 0 Å². The van der Waals surface area contributed by atoms with E-state index in [-0.39, 0.29) is 21.5 Å². The van der Waals surface area contributed by atoms with E-state index < -0.39 is 16.1 Å². The maximum atomic E-state index is 11.8. The third-order valence-corrected chi connectivity index (χ3v) is 4.13. The molecule has 0 aliphatic rings. The number of aliphatic hydroxyl groups is 1. The summed E-state index contributed by atoms with van der Waals surface area (Å²) in [6.45, 7) is 1.38. The van der Waals surface area contributed by atoms with E-state index in [9.17, 15) is 8.42 Å². The number of aliphatic hydroxyl groups excluding tert-OH is 1. The molecule has 16 heavy (non-hydrogen) atoms.